The van der Waals surface area contributed by atoms with Crippen LogP contribution in [0.25, 0.3) is 10.8 Å². The van der Waals surface area contributed by atoms with E-state index in [0.29, 0.717) is 18.9 Å². The second-order valence-electron chi connectivity index (χ2n) is 5.27. The van der Waals surface area contributed by atoms with E-state index in [9.17, 15) is 4.79 Å². The Balaban J connectivity index is 1.85. The van der Waals surface area contributed by atoms with E-state index >= 15 is 0 Å². The number of hydrogen-bond acceptors (Lipinski definition) is 4. The lowest BCUT2D eigenvalue weighted by atomic mass is 10.1. The van der Waals surface area contributed by atoms with Gasteiger partial charge in [0.2, 0.25) is 11.8 Å². The van der Waals surface area contributed by atoms with Crippen LogP contribution in [0.3, 0.4) is 0 Å². The molecule has 1 aromatic heterocycles. The van der Waals surface area contributed by atoms with Gasteiger partial charge in [-0.05, 0) is 42.5 Å². The maximum absolute atomic E-state index is 11.2. The number of rotatable bonds is 4. The van der Waals surface area contributed by atoms with Gasteiger partial charge in [-0.1, -0.05) is 0 Å². The third-order valence-corrected chi connectivity index (χ3v) is 3.75. The summed E-state index contributed by atoms with van der Waals surface area (Å²) in [6.45, 7) is 2.45. The Labute approximate surface area is 123 Å². The maximum Gasteiger partial charge on any atom is 0.221 e. The highest BCUT2D eigenvalue weighted by atomic mass is 16.5. The van der Waals surface area contributed by atoms with E-state index in [1.807, 2.05) is 19.1 Å². The lowest BCUT2D eigenvalue weighted by Crippen LogP contribution is -2.31. The number of ether oxygens (including phenoxy) is 2. The first-order valence-electron chi connectivity index (χ1n) is 7.03. The number of benzene rings is 1. The van der Waals surface area contributed by atoms with E-state index in [-0.39, 0.29) is 11.9 Å². The number of aromatic nitrogens is 1. The first-order chi connectivity index (χ1) is 10.2. The van der Waals surface area contributed by atoms with E-state index in [2.05, 4.69) is 16.4 Å². The number of nitrogens with one attached hydrogen (secondary N) is 1. The second-order valence-corrected chi connectivity index (χ2v) is 5.27. The Morgan fingerprint density at radius 2 is 2.29 bits per heavy atom. The van der Waals surface area contributed by atoms with Crippen molar-refractivity contribution in [1.82, 2.24) is 10.3 Å². The molecule has 1 amide bonds. The van der Waals surface area contributed by atoms with Crippen molar-refractivity contribution < 1.29 is 14.3 Å². The van der Waals surface area contributed by atoms with Crippen LogP contribution < -0.4 is 14.8 Å². The summed E-state index contributed by atoms with van der Waals surface area (Å²) in [5.41, 5.74) is 1.07. The molecule has 1 aliphatic heterocycles. The van der Waals surface area contributed by atoms with Crippen LogP contribution in [-0.2, 0) is 4.79 Å². The summed E-state index contributed by atoms with van der Waals surface area (Å²) in [7, 11) is 1.65. The van der Waals surface area contributed by atoms with Gasteiger partial charge in [0.25, 0.3) is 0 Å². The first-order valence-corrected chi connectivity index (χ1v) is 7.03. The van der Waals surface area contributed by atoms with Crippen molar-refractivity contribution >= 4 is 16.7 Å². The number of carbonyl (C=O) groups is 1. The minimum atomic E-state index is 0.0712. The van der Waals surface area contributed by atoms with E-state index in [4.69, 9.17) is 9.47 Å². The summed E-state index contributed by atoms with van der Waals surface area (Å²) in [5.74, 6) is 1.48. The molecule has 0 bridgehead atoms. The van der Waals surface area contributed by atoms with Gasteiger partial charge in [0.1, 0.15) is 12.4 Å². The van der Waals surface area contributed by atoms with Gasteiger partial charge in [0.15, 0.2) is 0 Å². The molecular formula is C16H18N2O3. The van der Waals surface area contributed by atoms with Crippen LogP contribution >= 0.6 is 0 Å². The largest absolute Gasteiger partial charge is 0.496 e. The molecule has 0 spiro atoms. The molecule has 0 saturated carbocycles. The number of aryl methyl sites for hydroxylation is 1. The summed E-state index contributed by atoms with van der Waals surface area (Å²) >= 11 is 0. The van der Waals surface area contributed by atoms with Crippen molar-refractivity contribution in [2.45, 2.75) is 25.8 Å². The molecule has 1 atom stereocenters. The predicted molar refractivity (Wildman–Crippen MR) is 79.7 cm³/mol. The maximum atomic E-state index is 11.2. The van der Waals surface area contributed by atoms with E-state index in [0.717, 1.165) is 28.5 Å². The highest BCUT2D eigenvalue weighted by Gasteiger charge is 2.21. The van der Waals surface area contributed by atoms with Crippen LogP contribution in [0.2, 0.25) is 0 Å². The third kappa shape index (κ3) is 2.77. The van der Waals surface area contributed by atoms with Gasteiger partial charge in [-0.3, -0.25) is 4.79 Å². The zero-order valence-corrected chi connectivity index (χ0v) is 12.2. The van der Waals surface area contributed by atoms with Crippen molar-refractivity contribution in [1.29, 1.82) is 0 Å². The van der Waals surface area contributed by atoms with Gasteiger partial charge in [0.05, 0.1) is 13.2 Å². The van der Waals surface area contributed by atoms with Crippen LogP contribution in [0.1, 0.15) is 18.4 Å². The quantitative estimate of drug-likeness (QED) is 0.936. The van der Waals surface area contributed by atoms with Crippen LogP contribution in [0.4, 0.5) is 0 Å². The molecule has 0 aliphatic carbocycles. The number of nitrogens with zero attached hydrogens (tertiary/aromatic N) is 1. The fraction of sp³-hybridized carbons (Fsp3) is 0.375. The van der Waals surface area contributed by atoms with E-state index in [1.165, 1.54) is 0 Å². The molecule has 1 unspecified atom stereocenters. The summed E-state index contributed by atoms with van der Waals surface area (Å²) < 4.78 is 11.2. The molecule has 110 valence electrons. The molecule has 1 fully saturated rings. The van der Waals surface area contributed by atoms with Crippen LogP contribution in [-0.4, -0.2) is 30.6 Å². The molecular weight excluding hydrogens is 268 g/mol. The standard InChI is InChI=1S/C16H18N2O3/c1-10-7-11-5-6-17-16(13(11)8-14(10)20-2)21-9-12-3-4-15(19)18-12/h5-8,12H,3-4,9H2,1-2H3,(H,18,19). The number of carbonyl (C=O) groups excluding carboxylic acids is 1. The summed E-state index contributed by atoms with van der Waals surface area (Å²) in [4.78, 5) is 15.5. The molecule has 3 rings (SSSR count). The zero-order chi connectivity index (χ0) is 14.8. The highest BCUT2D eigenvalue weighted by Crippen LogP contribution is 2.30. The van der Waals surface area contributed by atoms with Gasteiger partial charge in [-0.15, -0.1) is 0 Å². The van der Waals surface area contributed by atoms with Crippen molar-refractivity contribution in [3.63, 3.8) is 0 Å². The Morgan fingerprint density at radius 1 is 1.43 bits per heavy atom. The van der Waals surface area contributed by atoms with Gasteiger partial charge in [-0.2, -0.15) is 0 Å². The number of fused-ring (bicyclic) bond motifs is 1. The summed E-state index contributed by atoms with van der Waals surface area (Å²) in [5, 5.41) is 4.87. The fourth-order valence-electron chi connectivity index (χ4n) is 2.61. The summed E-state index contributed by atoms with van der Waals surface area (Å²) in [6.07, 6.45) is 3.12. The van der Waals surface area contributed by atoms with Crippen LogP contribution in [0.5, 0.6) is 11.6 Å². The number of methoxy groups -OCH3 is 1. The number of amides is 1. The molecule has 5 heteroatoms. The second kappa shape index (κ2) is 5.60. The van der Waals surface area contributed by atoms with Crippen molar-refractivity contribution in [2.75, 3.05) is 13.7 Å². The van der Waals surface area contributed by atoms with Gasteiger partial charge in [0, 0.05) is 18.0 Å². The molecule has 1 aliphatic rings. The third-order valence-electron chi connectivity index (χ3n) is 3.75. The molecule has 1 aromatic carbocycles. The van der Waals surface area contributed by atoms with Gasteiger partial charge >= 0.3 is 0 Å². The number of hydrogen-bond donors (Lipinski definition) is 1. The monoisotopic (exact) mass is 286 g/mol. The molecule has 2 heterocycles. The minimum Gasteiger partial charge on any atom is -0.496 e. The fourth-order valence-corrected chi connectivity index (χ4v) is 2.61. The Bertz CT molecular complexity index is 685. The van der Waals surface area contributed by atoms with E-state index in [1.54, 1.807) is 13.3 Å². The molecule has 0 radical (unpaired) electrons. The SMILES string of the molecule is COc1cc2c(OCC3CCC(=O)N3)nccc2cc1C. The topological polar surface area (TPSA) is 60.5 Å². The lowest BCUT2D eigenvalue weighted by Gasteiger charge is -2.14. The van der Waals surface area contributed by atoms with Crippen LogP contribution in [0, 0.1) is 6.92 Å². The minimum absolute atomic E-state index is 0.0712. The van der Waals surface area contributed by atoms with Crippen molar-refractivity contribution in [3.05, 3.63) is 30.0 Å². The van der Waals surface area contributed by atoms with E-state index < -0.39 is 0 Å². The normalized spacial score (nSPS) is 17.8. The first kappa shape index (κ1) is 13.7. The lowest BCUT2D eigenvalue weighted by molar-refractivity contribution is -0.119. The van der Waals surface area contributed by atoms with Crippen molar-refractivity contribution in [2.24, 2.45) is 0 Å². The summed E-state index contributed by atoms with van der Waals surface area (Å²) in [6, 6.07) is 6.02. The smallest absolute Gasteiger partial charge is 0.221 e. The molecule has 1 saturated heterocycles. The van der Waals surface area contributed by atoms with Crippen LogP contribution in [0.15, 0.2) is 24.4 Å². The molecule has 21 heavy (non-hydrogen) atoms. The van der Waals surface area contributed by atoms with Gasteiger partial charge < -0.3 is 14.8 Å². The molecule has 1 N–H and O–H groups in total. The zero-order valence-electron chi connectivity index (χ0n) is 12.2. The number of pyridine rings is 1. The molecule has 2 aromatic rings. The highest BCUT2D eigenvalue weighted by molar-refractivity contribution is 5.89. The average Bonchev–Trinajstić information content (AvgIpc) is 2.90. The predicted octanol–water partition coefficient (Wildman–Crippen LogP) is 2.21. The Morgan fingerprint density at radius 3 is 3.00 bits per heavy atom. The Kier molecular flexibility index (Phi) is 3.64. The molecule has 5 nitrogen and oxygen atoms in total. The average molecular weight is 286 g/mol. The Hall–Kier alpha value is -2.30. The van der Waals surface area contributed by atoms with Crippen molar-refractivity contribution in [3.8, 4) is 11.6 Å². The van der Waals surface area contributed by atoms with Gasteiger partial charge in [-0.25, -0.2) is 4.98 Å².